The van der Waals surface area contributed by atoms with Crippen LogP contribution in [0.15, 0.2) is 24.3 Å². The van der Waals surface area contributed by atoms with Gasteiger partial charge in [0.25, 0.3) is 0 Å². The molecule has 0 radical (unpaired) electrons. The Bertz CT molecular complexity index is 540. The summed E-state index contributed by atoms with van der Waals surface area (Å²) in [5, 5.41) is 9.21. The van der Waals surface area contributed by atoms with Gasteiger partial charge in [0.05, 0.1) is 6.10 Å². The number of halogens is 1. The van der Waals surface area contributed by atoms with E-state index in [1.165, 1.54) is 34.1 Å². The van der Waals surface area contributed by atoms with Crippen molar-refractivity contribution in [2.45, 2.75) is 12.5 Å². The Hall–Kier alpha value is -1.95. The van der Waals surface area contributed by atoms with Crippen LogP contribution >= 0.6 is 0 Å². The molecular formula is C14H15FN2O3. The maximum absolute atomic E-state index is 12.9. The van der Waals surface area contributed by atoms with Gasteiger partial charge in [0.1, 0.15) is 11.7 Å². The third-order valence-corrected chi connectivity index (χ3v) is 3.82. The van der Waals surface area contributed by atoms with Crippen LogP contribution in [0.4, 0.5) is 10.1 Å². The average molecular weight is 278 g/mol. The summed E-state index contributed by atoms with van der Waals surface area (Å²) in [7, 11) is 0. The number of nitrogens with zero attached hydrogens (tertiary/aromatic N) is 2. The average Bonchev–Trinajstić information content (AvgIpc) is 2.77. The lowest BCUT2D eigenvalue weighted by Gasteiger charge is -2.37. The van der Waals surface area contributed by atoms with Crippen LogP contribution in [0.1, 0.15) is 6.42 Å². The molecule has 2 heterocycles. The van der Waals surface area contributed by atoms with Crippen molar-refractivity contribution in [3.05, 3.63) is 30.1 Å². The molecule has 1 atom stereocenters. The highest BCUT2D eigenvalue weighted by molar-refractivity contribution is 6.09. The SMILES string of the molecule is O=C([C@H]1CCN(c2ccc(F)cc2)C1=O)N1CC(O)C1. The number of amides is 2. The summed E-state index contributed by atoms with van der Waals surface area (Å²) in [6, 6.07) is 5.66. The second-order valence-electron chi connectivity index (χ2n) is 5.20. The van der Waals surface area contributed by atoms with Crippen molar-refractivity contribution in [1.29, 1.82) is 0 Å². The van der Waals surface area contributed by atoms with E-state index >= 15 is 0 Å². The van der Waals surface area contributed by atoms with Crippen LogP contribution in [-0.4, -0.2) is 47.6 Å². The van der Waals surface area contributed by atoms with Crippen molar-refractivity contribution >= 4 is 17.5 Å². The molecule has 5 nitrogen and oxygen atoms in total. The van der Waals surface area contributed by atoms with E-state index in [-0.39, 0.29) is 17.6 Å². The second kappa shape index (κ2) is 4.86. The van der Waals surface area contributed by atoms with Crippen LogP contribution in [0.2, 0.25) is 0 Å². The van der Waals surface area contributed by atoms with E-state index in [1.807, 2.05) is 0 Å². The minimum atomic E-state index is -0.674. The summed E-state index contributed by atoms with van der Waals surface area (Å²) < 4.78 is 12.9. The van der Waals surface area contributed by atoms with Gasteiger partial charge >= 0.3 is 0 Å². The Kier molecular flexibility index (Phi) is 3.17. The molecule has 106 valence electrons. The van der Waals surface area contributed by atoms with E-state index in [2.05, 4.69) is 0 Å². The van der Waals surface area contributed by atoms with Crippen LogP contribution in [0.5, 0.6) is 0 Å². The summed E-state index contributed by atoms with van der Waals surface area (Å²) in [6.07, 6.45) is -0.00888. The molecule has 6 heteroatoms. The number of aliphatic hydroxyl groups excluding tert-OH is 1. The van der Waals surface area contributed by atoms with Crippen molar-refractivity contribution in [2.24, 2.45) is 5.92 Å². The largest absolute Gasteiger partial charge is 0.389 e. The molecule has 0 aliphatic carbocycles. The topological polar surface area (TPSA) is 60.9 Å². The summed E-state index contributed by atoms with van der Waals surface area (Å²) in [5.74, 6) is -1.50. The third-order valence-electron chi connectivity index (χ3n) is 3.82. The summed E-state index contributed by atoms with van der Waals surface area (Å²) in [4.78, 5) is 27.4. The zero-order valence-corrected chi connectivity index (χ0v) is 10.8. The fourth-order valence-corrected chi connectivity index (χ4v) is 2.64. The lowest BCUT2D eigenvalue weighted by molar-refractivity contribution is -0.148. The first-order valence-electron chi connectivity index (χ1n) is 6.60. The first-order valence-corrected chi connectivity index (χ1v) is 6.60. The third kappa shape index (κ3) is 2.16. The molecule has 2 saturated heterocycles. The molecule has 1 aromatic rings. The molecule has 3 rings (SSSR count). The Morgan fingerprint density at radius 2 is 1.90 bits per heavy atom. The molecule has 2 aliphatic rings. The van der Waals surface area contributed by atoms with E-state index in [0.717, 1.165) is 0 Å². The fourth-order valence-electron chi connectivity index (χ4n) is 2.64. The highest BCUT2D eigenvalue weighted by atomic mass is 19.1. The van der Waals surface area contributed by atoms with Crippen molar-refractivity contribution in [3.63, 3.8) is 0 Å². The molecule has 0 unspecified atom stereocenters. The monoisotopic (exact) mass is 278 g/mol. The van der Waals surface area contributed by atoms with Crippen LogP contribution in [0.25, 0.3) is 0 Å². The van der Waals surface area contributed by atoms with E-state index in [1.54, 1.807) is 0 Å². The van der Waals surface area contributed by atoms with E-state index in [9.17, 15) is 19.1 Å². The number of hydrogen-bond donors (Lipinski definition) is 1. The molecule has 20 heavy (non-hydrogen) atoms. The van der Waals surface area contributed by atoms with Crippen LogP contribution < -0.4 is 4.90 Å². The smallest absolute Gasteiger partial charge is 0.239 e. The number of β-amino-alcohol motifs (C(OH)–C–C–N with tert-alkyl or cyclic N) is 1. The van der Waals surface area contributed by atoms with Gasteiger partial charge in [-0.25, -0.2) is 4.39 Å². The predicted molar refractivity (Wildman–Crippen MR) is 69.4 cm³/mol. The molecular weight excluding hydrogens is 263 g/mol. The number of aliphatic hydroxyl groups is 1. The number of carbonyl (C=O) groups is 2. The zero-order valence-electron chi connectivity index (χ0n) is 10.8. The lowest BCUT2D eigenvalue weighted by atomic mass is 10.0. The standard InChI is InChI=1S/C14H15FN2O3/c15-9-1-3-10(4-2-9)17-6-5-12(14(17)20)13(19)16-7-11(18)8-16/h1-4,11-12,18H,5-8H2/t12-/m1/s1. The van der Waals surface area contributed by atoms with Crippen molar-refractivity contribution in [2.75, 3.05) is 24.5 Å². The predicted octanol–water partition coefficient (Wildman–Crippen LogP) is 0.382. The normalized spacial score (nSPS) is 23.1. The van der Waals surface area contributed by atoms with Gasteiger partial charge in [-0.3, -0.25) is 9.59 Å². The summed E-state index contributed by atoms with van der Waals surface area (Å²) in [5.41, 5.74) is 0.607. The number of carbonyl (C=O) groups excluding carboxylic acids is 2. The van der Waals surface area contributed by atoms with E-state index < -0.39 is 12.0 Å². The Morgan fingerprint density at radius 3 is 2.50 bits per heavy atom. The van der Waals surface area contributed by atoms with Gasteiger partial charge in [0.15, 0.2) is 0 Å². The van der Waals surface area contributed by atoms with Crippen molar-refractivity contribution in [1.82, 2.24) is 4.90 Å². The number of anilines is 1. The van der Waals surface area contributed by atoms with E-state index in [4.69, 9.17) is 0 Å². The maximum atomic E-state index is 12.9. The fraction of sp³-hybridized carbons (Fsp3) is 0.429. The number of benzene rings is 1. The molecule has 0 spiro atoms. The molecule has 1 aromatic carbocycles. The molecule has 2 amide bonds. The van der Waals surface area contributed by atoms with Crippen LogP contribution in [-0.2, 0) is 9.59 Å². The molecule has 0 bridgehead atoms. The highest BCUT2D eigenvalue weighted by Crippen LogP contribution is 2.27. The van der Waals surface area contributed by atoms with Crippen LogP contribution in [0.3, 0.4) is 0 Å². The van der Waals surface area contributed by atoms with Crippen LogP contribution in [0, 0.1) is 11.7 Å². The van der Waals surface area contributed by atoms with Gasteiger partial charge < -0.3 is 14.9 Å². The number of hydrogen-bond acceptors (Lipinski definition) is 3. The van der Waals surface area contributed by atoms with Crippen molar-refractivity contribution < 1.29 is 19.1 Å². The van der Waals surface area contributed by atoms with Gasteiger partial charge in [0.2, 0.25) is 11.8 Å². The highest BCUT2D eigenvalue weighted by Gasteiger charge is 2.42. The maximum Gasteiger partial charge on any atom is 0.239 e. The number of likely N-dealkylation sites (tertiary alicyclic amines) is 1. The van der Waals surface area contributed by atoms with Gasteiger partial charge in [-0.05, 0) is 30.7 Å². The number of rotatable bonds is 2. The molecule has 0 aromatic heterocycles. The molecule has 1 N–H and O–H groups in total. The minimum absolute atomic E-state index is 0.218. The lowest BCUT2D eigenvalue weighted by Crippen LogP contribution is -2.56. The quantitative estimate of drug-likeness (QED) is 0.796. The first-order chi connectivity index (χ1) is 9.56. The molecule has 2 fully saturated rings. The van der Waals surface area contributed by atoms with Crippen molar-refractivity contribution in [3.8, 4) is 0 Å². The van der Waals surface area contributed by atoms with Gasteiger partial charge in [-0.15, -0.1) is 0 Å². The summed E-state index contributed by atoms with van der Waals surface area (Å²) >= 11 is 0. The molecule has 0 saturated carbocycles. The second-order valence-corrected chi connectivity index (χ2v) is 5.20. The van der Waals surface area contributed by atoms with Gasteiger partial charge in [0, 0.05) is 25.3 Å². The van der Waals surface area contributed by atoms with Gasteiger partial charge in [-0.2, -0.15) is 0 Å². The Morgan fingerprint density at radius 1 is 1.25 bits per heavy atom. The Labute approximate surface area is 115 Å². The Balaban J connectivity index is 1.70. The zero-order chi connectivity index (χ0) is 14.3. The molecule has 2 aliphatic heterocycles. The van der Waals surface area contributed by atoms with E-state index in [0.29, 0.717) is 31.7 Å². The van der Waals surface area contributed by atoms with Gasteiger partial charge in [-0.1, -0.05) is 0 Å². The summed E-state index contributed by atoms with van der Waals surface area (Å²) in [6.45, 7) is 1.07. The minimum Gasteiger partial charge on any atom is -0.389 e. The first kappa shape index (κ1) is 13.1.